The number of nitrogens with two attached hydrogens (primary N) is 2. The summed E-state index contributed by atoms with van der Waals surface area (Å²) >= 11 is 0. The lowest BCUT2D eigenvalue weighted by Gasteiger charge is -2.28. The van der Waals surface area contributed by atoms with E-state index < -0.39 is 0 Å². The van der Waals surface area contributed by atoms with Gasteiger partial charge in [0.15, 0.2) is 0 Å². The lowest BCUT2D eigenvalue weighted by atomic mass is 9.77. The minimum atomic E-state index is -0.121. The third kappa shape index (κ3) is 2.06. The molecular formula is C16H20N2. The Kier molecular flexibility index (Phi) is 3.04. The van der Waals surface area contributed by atoms with Gasteiger partial charge < -0.3 is 11.5 Å². The molecule has 0 heterocycles. The van der Waals surface area contributed by atoms with Gasteiger partial charge in [0.1, 0.15) is 0 Å². The fourth-order valence-corrected chi connectivity index (χ4v) is 2.29. The van der Waals surface area contributed by atoms with Crippen LogP contribution in [0.15, 0.2) is 42.5 Å². The van der Waals surface area contributed by atoms with Crippen LogP contribution in [0.2, 0.25) is 0 Å². The largest absolute Gasteiger partial charge is 0.398 e. The molecule has 2 nitrogen and oxygen atoms in total. The molecule has 18 heavy (non-hydrogen) atoms. The van der Waals surface area contributed by atoms with Crippen molar-refractivity contribution in [3.8, 4) is 0 Å². The highest BCUT2D eigenvalue weighted by Crippen LogP contribution is 2.36. The Morgan fingerprint density at radius 1 is 0.889 bits per heavy atom. The maximum absolute atomic E-state index is 6.13. The van der Waals surface area contributed by atoms with Gasteiger partial charge in [0.2, 0.25) is 0 Å². The maximum atomic E-state index is 6.13. The maximum Gasteiger partial charge on any atom is 0.0376 e. The fourth-order valence-electron chi connectivity index (χ4n) is 2.29. The van der Waals surface area contributed by atoms with Gasteiger partial charge in [-0.3, -0.25) is 0 Å². The average molecular weight is 240 g/mol. The predicted molar refractivity (Wildman–Crippen MR) is 78.6 cm³/mol. The average Bonchev–Trinajstić information content (AvgIpc) is 2.34. The summed E-state index contributed by atoms with van der Waals surface area (Å²) in [5, 5.41) is 0. The summed E-state index contributed by atoms with van der Waals surface area (Å²) in [6, 6.07) is 14.3. The van der Waals surface area contributed by atoms with Crippen molar-refractivity contribution in [1.82, 2.24) is 0 Å². The molecule has 0 bridgehead atoms. The van der Waals surface area contributed by atoms with Crippen molar-refractivity contribution in [3.63, 3.8) is 0 Å². The van der Waals surface area contributed by atoms with Gasteiger partial charge in [-0.15, -0.1) is 0 Å². The van der Waals surface area contributed by atoms with E-state index in [0.29, 0.717) is 0 Å². The van der Waals surface area contributed by atoms with E-state index in [1.54, 1.807) is 0 Å². The number of aryl methyl sites for hydroxylation is 1. The van der Waals surface area contributed by atoms with E-state index in [1.165, 1.54) is 5.56 Å². The highest BCUT2D eigenvalue weighted by atomic mass is 14.6. The molecule has 2 heteroatoms. The SMILES string of the molecule is Cc1cc(C(C)(C)c2ccccc2)c(N)cc1N. The van der Waals surface area contributed by atoms with Crippen LogP contribution in [0.1, 0.15) is 30.5 Å². The van der Waals surface area contributed by atoms with Crippen molar-refractivity contribution in [3.05, 3.63) is 59.2 Å². The van der Waals surface area contributed by atoms with Crippen LogP contribution in [0.4, 0.5) is 11.4 Å². The summed E-state index contributed by atoms with van der Waals surface area (Å²) in [4.78, 5) is 0. The Morgan fingerprint density at radius 3 is 2.11 bits per heavy atom. The van der Waals surface area contributed by atoms with E-state index in [2.05, 4.69) is 44.2 Å². The molecule has 2 rings (SSSR count). The summed E-state index contributed by atoms with van der Waals surface area (Å²) in [5.41, 5.74) is 16.9. The highest BCUT2D eigenvalue weighted by Gasteiger charge is 2.25. The summed E-state index contributed by atoms with van der Waals surface area (Å²) in [6.07, 6.45) is 0. The zero-order valence-electron chi connectivity index (χ0n) is 11.2. The number of hydrogen-bond donors (Lipinski definition) is 2. The highest BCUT2D eigenvalue weighted by molar-refractivity contribution is 5.64. The number of hydrogen-bond acceptors (Lipinski definition) is 2. The van der Waals surface area contributed by atoms with Crippen molar-refractivity contribution in [1.29, 1.82) is 0 Å². The summed E-state index contributed by atoms with van der Waals surface area (Å²) in [5.74, 6) is 0. The fraction of sp³-hybridized carbons (Fsp3) is 0.250. The molecular weight excluding hydrogens is 220 g/mol. The predicted octanol–water partition coefficient (Wildman–Crippen LogP) is 3.49. The van der Waals surface area contributed by atoms with Crippen molar-refractivity contribution < 1.29 is 0 Å². The Morgan fingerprint density at radius 2 is 1.50 bits per heavy atom. The Balaban J connectivity index is 2.58. The van der Waals surface area contributed by atoms with Crippen LogP contribution >= 0.6 is 0 Å². The van der Waals surface area contributed by atoms with Crippen LogP contribution in [0.3, 0.4) is 0 Å². The second kappa shape index (κ2) is 4.37. The Labute approximate surface area is 109 Å². The molecule has 0 aliphatic heterocycles. The lowest BCUT2D eigenvalue weighted by molar-refractivity contribution is 0.643. The van der Waals surface area contributed by atoms with Crippen molar-refractivity contribution in [2.24, 2.45) is 0 Å². The van der Waals surface area contributed by atoms with Crippen molar-refractivity contribution in [2.75, 3.05) is 11.5 Å². The molecule has 0 saturated carbocycles. The van der Waals surface area contributed by atoms with Gasteiger partial charge in [-0.25, -0.2) is 0 Å². The molecule has 2 aromatic rings. The van der Waals surface area contributed by atoms with Gasteiger partial charge >= 0.3 is 0 Å². The molecule has 0 radical (unpaired) electrons. The Hall–Kier alpha value is -1.96. The van der Waals surface area contributed by atoms with E-state index in [4.69, 9.17) is 11.5 Å². The molecule has 2 aromatic carbocycles. The van der Waals surface area contributed by atoms with Gasteiger partial charge in [-0.2, -0.15) is 0 Å². The molecule has 0 unspecified atom stereocenters. The second-order valence-corrected chi connectivity index (χ2v) is 5.29. The van der Waals surface area contributed by atoms with Crippen molar-refractivity contribution in [2.45, 2.75) is 26.2 Å². The van der Waals surface area contributed by atoms with Gasteiger partial charge in [0.05, 0.1) is 0 Å². The first-order valence-corrected chi connectivity index (χ1v) is 6.14. The normalized spacial score (nSPS) is 11.5. The quantitative estimate of drug-likeness (QED) is 0.789. The van der Waals surface area contributed by atoms with Gasteiger partial charge in [-0.1, -0.05) is 50.2 Å². The summed E-state index contributed by atoms with van der Waals surface area (Å²) < 4.78 is 0. The number of rotatable bonds is 2. The lowest BCUT2D eigenvalue weighted by Crippen LogP contribution is -2.21. The first kappa shape index (κ1) is 12.5. The van der Waals surface area contributed by atoms with E-state index in [1.807, 2.05) is 19.1 Å². The third-order valence-electron chi connectivity index (χ3n) is 3.61. The van der Waals surface area contributed by atoms with Crippen molar-refractivity contribution >= 4 is 11.4 Å². The zero-order valence-corrected chi connectivity index (χ0v) is 11.2. The minimum Gasteiger partial charge on any atom is -0.398 e. The molecule has 0 aliphatic rings. The molecule has 0 aromatic heterocycles. The zero-order chi connectivity index (χ0) is 13.3. The van der Waals surface area contributed by atoms with E-state index in [0.717, 1.165) is 22.5 Å². The summed E-state index contributed by atoms with van der Waals surface area (Å²) in [7, 11) is 0. The van der Waals surface area contributed by atoms with E-state index >= 15 is 0 Å². The molecule has 0 amide bonds. The van der Waals surface area contributed by atoms with Gasteiger partial charge in [-0.05, 0) is 29.7 Å². The molecule has 0 spiro atoms. The number of nitrogen functional groups attached to an aromatic ring is 2. The first-order chi connectivity index (χ1) is 8.43. The molecule has 0 saturated heterocycles. The monoisotopic (exact) mass is 240 g/mol. The van der Waals surface area contributed by atoms with Gasteiger partial charge in [0, 0.05) is 16.8 Å². The van der Waals surface area contributed by atoms with Crippen LogP contribution in [0.25, 0.3) is 0 Å². The topological polar surface area (TPSA) is 52.0 Å². The Bertz CT molecular complexity index is 557. The molecule has 94 valence electrons. The van der Waals surface area contributed by atoms with Crippen LogP contribution in [0.5, 0.6) is 0 Å². The number of anilines is 2. The van der Waals surface area contributed by atoms with Crippen LogP contribution < -0.4 is 11.5 Å². The second-order valence-electron chi connectivity index (χ2n) is 5.29. The smallest absolute Gasteiger partial charge is 0.0376 e. The van der Waals surface area contributed by atoms with E-state index in [9.17, 15) is 0 Å². The number of benzene rings is 2. The third-order valence-corrected chi connectivity index (χ3v) is 3.61. The van der Waals surface area contributed by atoms with Crippen LogP contribution in [-0.4, -0.2) is 0 Å². The molecule has 0 fully saturated rings. The van der Waals surface area contributed by atoms with Gasteiger partial charge in [0.25, 0.3) is 0 Å². The standard InChI is InChI=1S/C16H20N2/c1-11-9-13(15(18)10-14(11)17)16(2,3)12-7-5-4-6-8-12/h4-10H,17-18H2,1-3H3. The van der Waals surface area contributed by atoms with E-state index in [-0.39, 0.29) is 5.41 Å². The summed E-state index contributed by atoms with van der Waals surface area (Å²) in [6.45, 7) is 6.38. The minimum absolute atomic E-state index is 0.121. The molecule has 0 atom stereocenters. The molecule has 4 N–H and O–H groups in total. The van der Waals surface area contributed by atoms with Crippen LogP contribution in [0, 0.1) is 6.92 Å². The first-order valence-electron chi connectivity index (χ1n) is 6.14. The molecule has 0 aliphatic carbocycles. The van der Waals surface area contributed by atoms with Crippen LogP contribution in [-0.2, 0) is 5.41 Å².